The van der Waals surface area contributed by atoms with E-state index >= 15 is 0 Å². The summed E-state index contributed by atoms with van der Waals surface area (Å²) >= 11 is 8.07. The third-order valence-corrected chi connectivity index (χ3v) is 3.21. The number of hydrogen-bond acceptors (Lipinski definition) is 2. The largest absolute Gasteiger partial charge is 0.330 e. The van der Waals surface area contributed by atoms with Gasteiger partial charge in [-0.25, -0.2) is 8.78 Å². The van der Waals surface area contributed by atoms with Crippen LogP contribution in [0.4, 0.5) is 14.5 Å². The lowest BCUT2D eigenvalue weighted by Gasteiger charge is -2.10. The Balaban J connectivity index is 2.01. The van der Waals surface area contributed by atoms with E-state index in [0.717, 1.165) is 0 Å². The van der Waals surface area contributed by atoms with Crippen LogP contribution in [0.5, 0.6) is 0 Å². The van der Waals surface area contributed by atoms with Gasteiger partial charge in [-0.1, -0.05) is 15.9 Å². The van der Waals surface area contributed by atoms with Crippen molar-refractivity contribution in [2.24, 2.45) is 0 Å². The maximum atomic E-state index is 13.6. The van der Waals surface area contributed by atoms with Crippen molar-refractivity contribution in [3.05, 3.63) is 64.1 Å². The van der Waals surface area contributed by atoms with Gasteiger partial charge in [0, 0.05) is 10.0 Å². The Labute approximate surface area is 133 Å². The van der Waals surface area contributed by atoms with Crippen LogP contribution < -0.4 is 10.6 Å². The molecule has 7 heteroatoms. The lowest BCUT2D eigenvalue weighted by Crippen LogP contribution is -2.34. The van der Waals surface area contributed by atoms with Crippen LogP contribution in [0.25, 0.3) is 0 Å². The maximum absolute atomic E-state index is 13.6. The van der Waals surface area contributed by atoms with Crippen molar-refractivity contribution < 1.29 is 13.6 Å². The van der Waals surface area contributed by atoms with Crippen LogP contribution in [0.3, 0.4) is 0 Å². The lowest BCUT2D eigenvalue weighted by atomic mass is 10.2. The average Bonchev–Trinajstić information content (AvgIpc) is 2.42. The Morgan fingerprint density at radius 1 is 1.10 bits per heavy atom. The molecule has 0 aliphatic rings. The summed E-state index contributed by atoms with van der Waals surface area (Å²) in [6, 6.07) is 9.37. The number of hydrogen-bond donors (Lipinski definition) is 2. The Bertz CT molecular complexity index is 692. The summed E-state index contributed by atoms with van der Waals surface area (Å²) in [5.41, 5.74) is 0.388. The van der Waals surface area contributed by atoms with Crippen LogP contribution in [0.2, 0.25) is 0 Å². The fourth-order valence-electron chi connectivity index (χ4n) is 1.52. The molecular formula is C14H9BrF2N2OS. The molecule has 0 aliphatic carbocycles. The first-order chi connectivity index (χ1) is 9.95. The first-order valence-electron chi connectivity index (χ1n) is 5.78. The second kappa shape index (κ2) is 6.73. The second-order valence-electron chi connectivity index (χ2n) is 4.04. The zero-order valence-electron chi connectivity index (χ0n) is 10.5. The smallest absolute Gasteiger partial charge is 0.257 e. The van der Waals surface area contributed by atoms with Gasteiger partial charge in [0.15, 0.2) is 5.11 Å². The van der Waals surface area contributed by atoms with Crippen LogP contribution in [0.15, 0.2) is 46.9 Å². The van der Waals surface area contributed by atoms with Gasteiger partial charge in [-0.15, -0.1) is 0 Å². The predicted molar refractivity (Wildman–Crippen MR) is 84.2 cm³/mol. The van der Waals surface area contributed by atoms with Gasteiger partial charge in [-0.2, -0.15) is 0 Å². The minimum absolute atomic E-state index is 0.0504. The first-order valence-corrected chi connectivity index (χ1v) is 6.99. The molecule has 3 nitrogen and oxygen atoms in total. The van der Waals surface area contributed by atoms with E-state index in [4.69, 9.17) is 12.2 Å². The topological polar surface area (TPSA) is 41.1 Å². The third kappa shape index (κ3) is 4.30. The molecule has 2 rings (SSSR count). The predicted octanol–water partition coefficient (Wildman–Crippen LogP) is 3.85. The number of carbonyl (C=O) groups is 1. The van der Waals surface area contributed by atoms with Crippen LogP contribution in [-0.4, -0.2) is 11.0 Å². The van der Waals surface area contributed by atoms with Gasteiger partial charge in [0.1, 0.15) is 11.6 Å². The zero-order valence-corrected chi connectivity index (χ0v) is 12.9. The number of thiocarbonyl (C=S) groups is 1. The van der Waals surface area contributed by atoms with Crippen molar-refractivity contribution in [2.45, 2.75) is 0 Å². The number of anilines is 1. The highest BCUT2D eigenvalue weighted by molar-refractivity contribution is 9.10. The molecule has 2 N–H and O–H groups in total. The summed E-state index contributed by atoms with van der Waals surface area (Å²) in [5, 5.41) is 4.92. The second-order valence-corrected chi connectivity index (χ2v) is 5.36. The van der Waals surface area contributed by atoms with Gasteiger partial charge in [0.2, 0.25) is 0 Å². The maximum Gasteiger partial charge on any atom is 0.257 e. The monoisotopic (exact) mass is 370 g/mol. The van der Waals surface area contributed by atoms with Crippen LogP contribution in [0, 0.1) is 11.6 Å². The minimum atomic E-state index is -0.511. The van der Waals surface area contributed by atoms with Crippen LogP contribution in [0.1, 0.15) is 10.4 Å². The van der Waals surface area contributed by atoms with Crippen molar-refractivity contribution in [1.82, 2.24) is 5.32 Å². The number of carbonyl (C=O) groups excluding carboxylic acids is 1. The number of rotatable bonds is 2. The van der Waals surface area contributed by atoms with Gasteiger partial charge in [0.25, 0.3) is 5.91 Å². The van der Waals surface area contributed by atoms with E-state index in [1.807, 2.05) is 0 Å². The van der Waals surface area contributed by atoms with Crippen molar-refractivity contribution in [1.29, 1.82) is 0 Å². The number of benzene rings is 2. The Hall–Kier alpha value is -1.86. The molecule has 2 aromatic carbocycles. The zero-order chi connectivity index (χ0) is 15.4. The number of amides is 1. The van der Waals surface area contributed by atoms with E-state index in [1.165, 1.54) is 36.4 Å². The summed E-state index contributed by atoms with van der Waals surface area (Å²) in [7, 11) is 0. The molecule has 2 aromatic rings. The fourth-order valence-corrected chi connectivity index (χ4v) is 2.06. The van der Waals surface area contributed by atoms with Gasteiger partial charge in [-0.05, 0) is 54.7 Å². The van der Waals surface area contributed by atoms with Gasteiger partial charge in [0.05, 0.1) is 5.69 Å². The Morgan fingerprint density at radius 3 is 2.38 bits per heavy atom. The molecule has 108 valence electrons. The molecule has 0 bridgehead atoms. The summed E-state index contributed by atoms with van der Waals surface area (Å²) in [4.78, 5) is 11.8. The van der Waals surface area contributed by atoms with E-state index in [1.54, 1.807) is 6.07 Å². The van der Waals surface area contributed by atoms with Gasteiger partial charge >= 0.3 is 0 Å². The van der Waals surface area contributed by atoms with Crippen molar-refractivity contribution in [3.8, 4) is 0 Å². The highest BCUT2D eigenvalue weighted by atomic mass is 79.9. The molecule has 0 spiro atoms. The normalized spacial score (nSPS) is 10.0. The minimum Gasteiger partial charge on any atom is -0.330 e. The van der Waals surface area contributed by atoms with Crippen molar-refractivity contribution in [2.75, 3.05) is 5.32 Å². The van der Waals surface area contributed by atoms with Gasteiger partial charge in [-0.3, -0.25) is 10.1 Å². The molecule has 21 heavy (non-hydrogen) atoms. The quantitative estimate of drug-likeness (QED) is 0.788. The third-order valence-electron chi connectivity index (χ3n) is 2.51. The number of halogens is 3. The average molecular weight is 371 g/mol. The van der Waals surface area contributed by atoms with Crippen molar-refractivity contribution >= 4 is 44.9 Å². The SMILES string of the molecule is O=C(NC(=S)Nc1ccc(Br)cc1F)c1ccc(F)cc1. The molecule has 0 aliphatic heterocycles. The van der Waals surface area contributed by atoms with E-state index in [2.05, 4.69) is 26.6 Å². The molecular weight excluding hydrogens is 362 g/mol. The summed E-state index contributed by atoms with van der Waals surface area (Å²) in [6.45, 7) is 0. The fraction of sp³-hybridized carbons (Fsp3) is 0. The summed E-state index contributed by atoms with van der Waals surface area (Å²) < 4.78 is 27.0. The van der Waals surface area contributed by atoms with E-state index in [9.17, 15) is 13.6 Å². The summed E-state index contributed by atoms with van der Waals surface area (Å²) in [6.07, 6.45) is 0. The van der Waals surface area contributed by atoms with Crippen LogP contribution in [-0.2, 0) is 0 Å². The molecule has 0 fully saturated rings. The molecule has 0 saturated carbocycles. The Morgan fingerprint density at radius 2 is 1.76 bits per heavy atom. The van der Waals surface area contributed by atoms with Crippen LogP contribution >= 0.6 is 28.1 Å². The van der Waals surface area contributed by atoms with Gasteiger partial charge < -0.3 is 5.32 Å². The molecule has 0 aromatic heterocycles. The van der Waals surface area contributed by atoms with E-state index in [-0.39, 0.29) is 16.4 Å². The molecule has 0 unspecified atom stereocenters. The summed E-state index contributed by atoms with van der Waals surface area (Å²) in [5.74, 6) is -1.46. The number of nitrogens with one attached hydrogen (secondary N) is 2. The lowest BCUT2D eigenvalue weighted by molar-refractivity contribution is 0.0977. The molecule has 0 saturated heterocycles. The Kier molecular flexibility index (Phi) is 4.98. The standard InChI is InChI=1S/C14H9BrF2N2OS/c15-9-3-6-12(11(17)7-9)18-14(21)19-13(20)8-1-4-10(16)5-2-8/h1-7H,(H2,18,19,20,21). The molecule has 1 amide bonds. The van der Waals surface area contributed by atoms with Crippen molar-refractivity contribution in [3.63, 3.8) is 0 Å². The highest BCUT2D eigenvalue weighted by Gasteiger charge is 2.10. The molecule has 0 heterocycles. The van der Waals surface area contributed by atoms with E-state index < -0.39 is 17.5 Å². The first kappa shape index (κ1) is 15.5. The molecule has 0 atom stereocenters. The van der Waals surface area contributed by atoms with E-state index in [0.29, 0.717) is 4.47 Å². The highest BCUT2D eigenvalue weighted by Crippen LogP contribution is 2.19. The molecule has 0 radical (unpaired) electrons.